The zero-order valence-corrected chi connectivity index (χ0v) is 15.5. The van der Waals surface area contributed by atoms with Crippen molar-refractivity contribution in [2.75, 3.05) is 46.9 Å². The number of aromatic nitrogens is 1. The molecule has 1 aromatic rings. The number of piperazine rings is 1. The summed E-state index contributed by atoms with van der Waals surface area (Å²) >= 11 is 0. The Balaban J connectivity index is 1.47. The lowest BCUT2D eigenvalue weighted by atomic mass is 10.2. The lowest BCUT2D eigenvalue weighted by molar-refractivity contribution is -0.142. The van der Waals surface area contributed by atoms with Gasteiger partial charge in [-0.1, -0.05) is 6.07 Å². The summed E-state index contributed by atoms with van der Waals surface area (Å²) in [6.45, 7) is 4.26. The number of hydrogen-bond acceptors (Lipinski definition) is 5. The molecule has 8 heteroatoms. The maximum absolute atomic E-state index is 12.4. The van der Waals surface area contributed by atoms with E-state index in [9.17, 15) is 4.79 Å². The van der Waals surface area contributed by atoms with Gasteiger partial charge in [0.05, 0.1) is 7.11 Å². The minimum atomic E-state index is -0.235. The second-order valence-corrected chi connectivity index (χ2v) is 6.42. The number of pyridine rings is 1. The Labute approximate surface area is 154 Å². The zero-order chi connectivity index (χ0) is 18.4. The fraction of sp³-hybridized carbons (Fsp3) is 0.611. The summed E-state index contributed by atoms with van der Waals surface area (Å²) in [5.74, 6) is 1.57. The molecule has 142 valence electrons. The van der Waals surface area contributed by atoms with E-state index in [1.807, 2.05) is 17.0 Å². The number of amides is 1. The van der Waals surface area contributed by atoms with Gasteiger partial charge in [-0.15, -0.1) is 0 Å². The summed E-state index contributed by atoms with van der Waals surface area (Å²) in [5.41, 5.74) is 1.05. The molecular formula is C18H27N5O3. The predicted molar refractivity (Wildman–Crippen MR) is 98.1 cm³/mol. The number of nitrogens with zero attached hydrogens (tertiary/aromatic N) is 4. The Morgan fingerprint density at radius 1 is 1.35 bits per heavy atom. The highest BCUT2D eigenvalue weighted by Gasteiger charge is 2.30. The van der Waals surface area contributed by atoms with Crippen molar-refractivity contribution in [2.45, 2.75) is 25.5 Å². The van der Waals surface area contributed by atoms with Gasteiger partial charge < -0.3 is 24.6 Å². The summed E-state index contributed by atoms with van der Waals surface area (Å²) in [7, 11) is 3.38. The monoisotopic (exact) mass is 361 g/mol. The van der Waals surface area contributed by atoms with Crippen LogP contribution in [0, 0.1) is 0 Å². The average Bonchev–Trinajstić information content (AvgIpc) is 3.24. The van der Waals surface area contributed by atoms with Crippen molar-refractivity contribution in [3.63, 3.8) is 0 Å². The number of carbonyl (C=O) groups is 1. The number of aliphatic imine (C=N–C) groups is 1. The van der Waals surface area contributed by atoms with Gasteiger partial charge in [0.2, 0.25) is 5.88 Å². The number of carbonyl (C=O) groups excluding carboxylic acids is 1. The van der Waals surface area contributed by atoms with Crippen LogP contribution in [-0.2, 0) is 16.1 Å². The van der Waals surface area contributed by atoms with E-state index in [-0.39, 0.29) is 12.0 Å². The van der Waals surface area contributed by atoms with Crippen LogP contribution in [0.25, 0.3) is 0 Å². The van der Waals surface area contributed by atoms with Crippen molar-refractivity contribution in [3.8, 4) is 5.88 Å². The quantitative estimate of drug-likeness (QED) is 0.621. The fourth-order valence-electron chi connectivity index (χ4n) is 3.26. The van der Waals surface area contributed by atoms with Gasteiger partial charge in [0, 0.05) is 58.6 Å². The maximum atomic E-state index is 12.4. The zero-order valence-electron chi connectivity index (χ0n) is 15.5. The van der Waals surface area contributed by atoms with Crippen LogP contribution in [0.5, 0.6) is 5.88 Å². The lowest BCUT2D eigenvalue weighted by Crippen LogP contribution is -2.55. The van der Waals surface area contributed by atoms with Gasteiger partial charge >= 0.3 is 0 Å². The summed E-state index contributed by atoms with van der Waals surface area (Å²) in [6, 6.07) is 3.82. The molecule has 0 spiro atoms. The minimum Gasteiger partial charge on any atom is -0.481 e. The molecule has 3 rings (SSSR count). The van der Waals surface area contributed by atoms with E-state index in [0.717, 1.165) is 37.5 Å². The van der Waals surface area contributed by atoms with E-state index in [0.29, 0.717) is 32.1 Å². The molecule has 3 heterocycles. The van der Waals surface area contributed by atoms with Gasteiger partial charge in [-0.25, -0.2) is 4.98 Å². The molecule has 1 aromatic heterocycles. The Morgan fingerprint density at radius 2 is 2.12 bits per heavy atom. The molecule has 0 aromatic carbocycles. The normalized spacial score (nSPS) is 21.0. The Hall–Kier alpha value is -2.35. The standard InChI is InChI=1S/C18H27N5O3/c1-19-18(21-13-14-5-6-16(25-2)20-12-14)23-9-7-22(8-10-23)17(24)15-4-3-11-26-15/h5-6,12,15H,3-4,7-11,13H2,1-2H3,(H,19,21). The van der Waals surface area contributed by atoms with Crippen LogP contribution < -0.4 is 10.1 Å². The number of methoxy groups -OCH3 is 1. The van der Waals surface area contributed by atoms with Crippen LogP contribution in [-0.4, -0.2) is 79.7 Å². The van der Waals surface area contributed by atoms with Crippen molar-refractivity contribution in [1.29, 1.82) is 0 Å². The van der Waals surface area contributed by atoms with Crippen molar-refractivity contribution in [1.82, 2.24) is 20.1 Å². The van der Waals surface area contributed by atoms with Crippen molar-refractivity contribution in [3.05, 3.63) is 23.9 Å². The van der Waals surface area contributed by atoms with Crippen molar-refractivity contribution >= 4 is 11.9 Å². The first-order valence-electron chi connectivity index (χ1n) is 9.06. The van der Waals surface area contributed by atoms with Crippen LogP contribution in [0.2, 0.25) is 0 Å². The molecule has 0 radical (unpaired) electrons. The molecule has 0 bridgehead atoms. The van der Waals surface area contributed by atoms with Gasteiger partial charge in [-0.05, 0) is 18.4 Å². The Bertz CT molecular complexity index is 620. The van der Waals surface area contributed by atoms with E-state index >= 15 is 0 Å². The molecule has 2 aliphatic rings. The van der Waals surface area contributed by atoms with Crippen LogP contribution >= 0.6 is 0 Å². The maximum Gasteiger partial charge on any atom is 0.251 e. The molecule has 26 heavy (non-hydrogen) atoms. The molecule has 8 nitrogen and oxygen atoms in total. The Kier molecular flexibility index (Phi) is 6.27. The molecule has 1 N–H and O–H groups in total. The highest BCUT2D eigenvalue weighted by atomic mass is 16.5. The van der Waals surface area contributed by atoms with E-state index in [1.165, 1.54) is 0 Å². The van der Waals surface area contributed by atoms with Gasteiger partial charge in [0.25, 0.3) is 5.91 Å². The van der Waals surface area contributed by atoms with E-state index in [1.54, 1.807) is 20.4 Å². The molecular weight excluding hydrogens is 334 g/mol. The largest absolute Gasteiger partial charge is 0.481 e. The summed E-state index contributed by atoms with van der Waals surface area (Å²) in [6.07, 6.45) is 3.38. The fourth-order valence-corrected chi connectivity index (χ4v) is 3.26. The number of hydrogen-bond donors (Lipinski definition) is 1. The summed E-state index contributed by atoms with van der Waals surface area (Å²) in [4.78, 5) is 25.1. The van der Waals surface area contributed by atoms with Crippen LogP contribution in [0.3, 0.4) is 0 Å². The molecule has 0 saturated carbocycles. The molecule has 1 amide bonds. The molecule has 0 aliphatic carbocycles. The van der Waals surface area contributed by atoms with Crippen LogP contribution in [0.4, 0.5) is 0 Å². The smallest absolute Gasteiger partial charge is 0.251 e. The topological polar surface area (TPSA) is 79.3 Å². The van der Waals surface area contributed by atoms with Gasteiger partial charge in [0.1, 0.15) is 6.10 Å². The van der Waals surface area contributed by atoms with E-state index in [4.69, 9.17) is 9.47 Å². The van der Waals surface area contributed by atoms with Crippen LogP contribution in [0.1, 0.15) is 18.4 Å². The number of ether oxygens (including phenoxy) is 2. The minimum absolute atomic E-state index is 0.134. The van der Waals surface area contributed by atoms with E-state index in [2.05, 4.69) is 20.2 Å². The first kappa shape index (κ1) is 18.4. The average molecular weight is 361 g/mol. The second kappa shape index (κ2) is 8.84. The highest BCUT2D eigenvalue weighted by Crippen LogP contribution is 2.16. The third-order valence-corrected chi connectivity index (χ3v) is 4.77. The molecule has 2 fully saturated rings. The second-order valence-electron chi connectivity index (χ2n) is 6.42. The van der Waals surface area contributed by atoms with Crippen molar-refractivity contribution < 1.29 is 14.3 Å². The molecule has 2 saturated heterocycles. The van der Waals surface area contributed by atoms with Crippen LogP contribution in [0.15, 0.2) is 23.3 Å². The molecule has 1 unspecified atom stereocenters. The third-order valence-electron chi connectivity index (χ3n) is 4.77. The third kappa shape index (κ3) is 4.43. The summed E-state index contributed by atoms with van der Waals surface area (Å²) in [5, 5.41) is 3.36. The highest BCUT2D eigenvalue weighted by molar-refractivity contribution is 5.82. The molecule has 2 aliphatic heterocycles. The number of nitrogens with one attached hydrogen (secondary N) is 1. The Morgan fingerprint density at radius 3 is 2.69 bits per heavy atom. The van der Waals surface area contributed by atoms with Gasteiger partial charge in [-0.3, -0.25) is 9.79 Å². The predicted octanol–water partition coefficient (Wildman–Crippen LogP) is 0.489. The first-order chi connectivity index (χ1) is 12.7. The van der Waals surface area contributed by atoms with E-state index < -0.39 is 0 Å². The first-order valence-corrected chi connectivity index (χ1v) is 9.06. The summed E-state index contributed by atoms with van der Waals surface area (Å²) < 4.78 is 10.6. The number of guanidine groups is 1. The SMILES string of the molecule is CN=C(NCc1ccc(OC)nc1)N1CCN(C(=O)C2CCCO2)CC1. The van der Waals surface area contributed by atoms with Gasteiger partial charge in [-0.2, -0.15) is 0 Å². The van der Waals surface area contributed by atoms with Gasteiger partial charge in [0.15, 0.2) is 5.96 Å². The number of rotatable bonds is 4. The lowest BCUT2D eigenvalue weighted by Gasteiger charge is -2.37. The molecule has 1 atom stereocenters. The van der Waals surface area contributed by atoms with Crippen molar-refractivity contribution in [2.24, 2.45) is 4.99 Å².